The van der Waals surface area contributed by atoms with E-state index in [2.05, 4.69) is 19.1 Å². The normalized spacial score (nSPS) is 27.2. The number of benzene rings is 2. The average molecular weight is 431 g/mol. The lowest BCUT2D eigenvalue weighted by Gasteiger charge is -2.37. The molecule has 0 bridgehead atoms. The largest absolute Gasteiger partial charge is 0.204 e. The first-order valence-electron chi connectivity index (χ1n) is 11.8. The van der Waals surface area contributed by atoms with Crippen LogP contribution in [0.5, 0.6) is 0 Å². The van der Waals surface area contributed by atoms with Crippen molar-refractivity contribution in [2.45, 2.75) is 75.9 Å². The van der Waals surface area contributed by atoms with Crippen LogP contribution >= 0.6 is 0 Å². The Bertz CT molecular complexity index is 809. The van der Waals surface area contributed by atoms with Crippen molar-refractivity contribution in [1.29, 1.82) is 0 Å². The Morgan fingerprint density at radius 2 is 1.33 bits per heavy atom. The molecule has 2 fully saturated rings. The first kappa shape index (κ1) is 21.7. The van der Waals surface area contributed by atoms with Gasteiger partial charge in [-0.1, -0.05) is 68.6 Å². The fourth-order valence-corrected chi connectivity index (χ4v) is 9.43. The van der Waals surface area contributed by atoms with Crippen molar-refractivity contribution in [3.8, 4) is 11.1 Å². The van der Waals surface area contributed by atoms with E-state index in [4.69, 9.17) is 0 Å². The highest BCUT2D eigenvalue weighted by atomic mass is 28.3. The van der Waals surface area contributed by atoms with Crippen molar-refractivity contribution in [3.05, 3.63) is 59.4 Å². The average Bonchev–Trinajstić information content (AvgIpc) is 2.78. The van der Waals surface area contributed by atoms with E-state index >= 15 is 0 Å². The van der Waals surface area contributed by atoms with E-state index in [-0.39, 0.29) is 8.80 Å². The van der Waals surface area contributed by atoms with Crippen molar-refractivity contribution in [2.24, 2.45) is 11.8 Å². The number of rotatable bonds is 5. The lowest BCUT2D eigenvalue weighted by atomic mass is 9.72. The summed E-state index contributed by atoms with van der Waals surface area (Å²) in [5, 5.41) is 0. The Labute approximate surface area is 180 Å². The first-order chi connectivity index (χ1) is 14.5. The second kappa shape index (κ2) is 9.72. The lowest BCUT2D eigenvalue weighted by Crippen LogP contribution is -2.28. The Kier molecular flexibility index (Phi) is 7.02. The third-order valence-corrected chi connectivity index (χ3v) is 11.4. The molecule has 1 aliphatic carbocycles. The quantitative estimate of drug-likeness (QED) is 0.332. The monoisotopic (exact) mass is 430 g/mol. The van der Waals surface area contributed by atoms with Crippen LogP contribution in [0, 0.1) is 29.3 Å². The minimum atomic E-state index is -1.41. The van der Waals surface area contributed by atoms with Gasteiger partial charge >= 0.3 is 0 Å². The van der Waals surface area contributed by atoms with Gasteiger partial charge in [-0.2, -0.15) is 0 Å². The Morgan fingerprint density at radius 1 is 0.767 bits per heavy atom. The highest BCUT2D eigenvalue weighted by Crippen LogP contribution is 2.43. The Hall–Kier alpha value is -1.55. The summed E-state index contributed by atoms with van der Waals surface area (Å²) in [6.45, 7) is 2.34. The molecule has 0 N–H and O–H groups in total. The van der Waals surface area contributed by atoms with Crippen LogP contribution in [-0.2, 0) is 0 Å². The molecule has 1 heterocycles. The van der Waals surface area contributed by atoms with Crippen molar-refractivity contribution in [1.82, 2.24) is 0 Å². The summed E-state index contributed by atoms with van der Waals surface area (Å²) in [4.78, 5) is 0. The van der Waals surface area contributed by atoms with Crippen LogP contribution in [0.3, 0.4) is 0 Å². The van der Waals surface area contributed by atoms with Gasteiger partial charge in [0.15, 0.2) is 17.5 Å². The number of hydrogen-bond donors (Lipinski definition) is 0. The third kappa shape index (κ3) is 4.85. The van der Waals surface area contributed by atoms with Gasteiger partial charge in [-0.25, -0.2) is 13.2 Å². The summed E-state index contributed by atoms with van der Waals surface area (Å²) >= 11 is 0. The van der Waals surface area contributed by atoms with Crippen LogP contribution in [0.15, 0.2) is 36.4 Å². The van der Waals surface area contributed by atoms with Gasteiger partial charge in [-0.3, -0.25) is 0 Å². The molecule has 2 aromatic carbocycles. The maximum absolute atomic E-state index is 13.5. The van der Waals surface area contributed by atoms with Gasteiger partial charge < -0.3 is 0 Å². The van der Waals surface area contributed by atoms with E-state index in [0.717, 1.165) is 29.5 Å². The smallest absolute Gasteiger partial charge is 0.194 e. The summed E-state index contributed by atoms with van der Waals surface area (Å²) in [6, 6.07) is 14.8. The van der Waals surface area contributed by atoms with Gasteiger partial charge in [0.1, 0.15) is 0 Å². The second-order valence-electron chi connectivity index (χ2n) is 9.56. The minimum absolute atomic E-state index is 0.379. The van der Waals surface area contributed by atoms with E-state index in [1.807, 2.05) is 12.1 Å². The number of halogens is 3. The molecule has 0 aromatic heterocycles. The highest BCUT2D eigenvalue weighted by Gasteiger charge is 2.31. The molecule has 30 heavy (non-hydrogen) atoms. The van der Waals surface area contributed by atoms with E-state index < -0.39 is 17.5 Å². The van der Waals surface area contributed by atoms with Crippen molar-refractivity contribution < 1.29 is 13.2 Å². The summed E-state index contributed by atoms with van der Waals surface area (Å²) in [5.41, 5.74) is 2.42. The summed E-state index contributed by atoms with van der Waals surface area (Å²) in [7, 11) is -0.389. The predicted octanol–water partition coefficient (Wildman–Crippen LogP) is 8.09. The molecular formula is C26H33F3Si. The zero-order chi connectivity index (χ0) is 21.1. The van der Waals surface area contributed by atoms with Gasteiger partial charge in [-0.05, 0) is 72.3 Å². The standard InChI is InChI=1S/C26H33F3Si/c1-2-13-30-14-11-22(12-15-30)20-5-3-18(4-6-20)19-7-9-21(10-8-19)23-16-24(27)26(29)25(28)17-23/h7-10,16-18,20,22,30H,2-6,11-15H2,1H3/t18-,20-,22?,30?. The van der Waals surface area contributed by atoms with Crippen molar-refractivity contribution in [2.75, 3.05) is 0 Å². The second-order valence-corrected chi connectivity index (χ2v) is 13.0. The van der Waals surface area contributed by atoms with Crippen LogP contribution in [0.1, 0.15) is 63.4 Å². The van der Waals surface area contributed by atoms with Crippen LogP contribution in [0.25, 0.3) is 11.1 Å². The molecule has 162 valence electrons. The van der Waals surface area contributed by atoms with Crippen LogP contribution in [0.2, 0.25) is 18.1 Å². The van der Waals surface area contributed by atoms with Gasteiger partial charge in [-0.15, -0.1) is 0 Å². The molecule has 2 aliphatic rings. The van der Waals surface area contributed by atoms with E-state index in [0.29, 0.717) is 11.5 Å². The molecule has 1 saturated carbocycles. The van der Waals surface area contributed by atoms with Crippen molar-refractivity contribution in [3.63, 3.8) is 0 Å². The molecule has 2 aromatic rings. The molecule has 0 amide bonds. The molecule has 0 unspecified atom stereocenters. The molecule has 0 nitrogen and oxygen atoms in total. The molecule has 4 rings (SSSR count). The molecule has 0 radical (unpaired) electrons. The van der Waals surface area contributed by atoms with E-state index in [1.54, 1.807) is 18.1 Å². The van der Waals surface area contributed by atoms with E-state index in [1.165, 1.54) is 50.5 Å². The molecule has 4 heteroatoms. The predicted molar refractivity (Wildman–Crippen MR) is 121 cm³/mol. The first-order valence-corrected chi connectivity index (χ1v) is 14.2. The third-order valence-electron chi connectivity index (χ3n) is 7.73. The number of hydrogen-bond acceptors (Lipinski definition) is 0. The SMILES string of the molecule is CCC[SiH]1CCC([C@H]2CC[C@H](c3ccc(-c4cc(F)c(F)c(F)c4)cc3)CC2)CC1. The summed E-state index contributed by atoms with van der Waals surface area (Å²) < 4.78 is 40.3. The lowest BCUT2D eigenvalue weighted by molar-refractivity contribution is 0.216. The van der Waals surface area contributed by atoms with Crippen LogP contribution in [0.4, 0.5) is 13.2 Å². The van der Waals surface area contributed by atoms with E-state index in [9.17, 15) is 13.2 Å². The maximum Gasteiger partial charge on any atom is 0.194 e. The van der Waals surface area contributed by atoms with Gasteiger partial charge in [0.25, 0.3) is 0 Å². The summed E-state index contributed by atoms with van der Waals surface area (Å²) in [5.74, 6) is -1.21. The molecule has 0 spiro atoms. The van der Waals surface area contributed by atoms with Gasteiger partial charge in [0.2, 0.25) is 0 Å². The van der Waals surface area contributed by atoms with Gasteiger partial charge in [0, 0.05) is 8.80 Å². The fourth-order valence-electron chi connectivity index (χ4n) is 5.95. The Morgan fingerprint density at radius 3 is 1.90 bits per heavy atom. The molecule has 1 aliphatic heterocycles. The fraction of sp³-hybridized carbons (Fsp3) is 0.538. The minimum Gasteiger partial charge on any atom is -0.204 e. The zero-order valence-electron chi connectivity index (χ0n) is 18.0. The Balaban J connectivity index is 1.33. The van der Waals surface area contributed by atoms with Gasteiger partial charge in [0.05, 0.1) is 0 Å². The van der Waals surface area contributed by atoms with Crippen LogP contribution < -0.4 is 0 Å². The van der Waals surface area contributed by atoms with Crippen LogP contribution in [-0.4, -0.2) is 8.80 Å². The topological polar surface area (TPSA) is 0 Å². The summed E-state index contributed by atoms with van der Waals surface area (Å²) in [6.07, 6.45) is 9.54. The zero-order valence-corrected chi connectivity index (χ0v) is 19.1. The molecular weight excluding hydrogens is 397 g/mol. The maximum atomic E-state index is 13.5. The molecule has 0 atom stereocenters. The molecule has 1 saturated heterocycles. The highest BCUT2D eigenvalue weighted by molar-refractivity contribution is 6.58. The van der Waals surface area contributed by atoms with Crippen molar-refractivity contribution >= 4 is 8.80 Å².